The van der Waals surface area contributed by atoms with Gasteiger partial charge in [0.05, 0.1) is 5.54 Å². The first kappa shape index (κ1) is 12.3. The van der Waals surface area contributed by atoms with Gasteiger partial charge in [0.25, 0.3) is 0 Å². The number of hydrogen-bond donors (Lipinski definition) is 1. The average molecular weight is 182 g/mol. The van der Waals surface area contributed by atoms with Gasteiger partial charge in [-0.05, 0) is 27.2 Å². The van der Waals surface area contributed by atoms with Gasteiger partial charge in [0.1, 0.15) is 0 Å². The number of rotatable bonds is 5. The minimum Gasteiger partial charge on any atom is -0.312 e. The van der Waals surface area contributed by atoms with Gasteiger partial charge in [-0.25, -0.2) is 0 Å². The first-order chi connectivity index (χ1) is 5.93. The number of aliphatic imine (C=N–C) groups is 1. The van der Waals surface area contributed by atoms with Crippen molar-refractivity contribution >= 4 is 11.9 Å². The van der Waals surface area contributed by atoms with E-state index in [1.807, 2.05) is 13.8 Å². The lowest BCUT2D eigenvalue weighted by atomic mass is 9.98. The van der Waals surface area contributed by atoms with Crippen LogP contribution in [0, 0.1) is 11.3 Å². The van der Waals surface area contributed by atoms with Crippen molar-refractivity contribution in [1.29, 1.82) is 5.41 Å². The Labute approximate surface area is 82.0 Å². The fourth-order valence-corrected chi connectivity index (χ4v) is 1.37. The summed E-state index contributed by atoms with van der Waals surface area (Å²) in [5.74, 6) is 0.177. The zero-order valence-electron chi connectivity index (χ0n) is 9.52. The molecule has 1 N–H and O–H groups in total. The zero-order chi connectivity index (χ0) is 10.5. The molecular formula is C11H22N2. The largest absolute Gasteiger partial charge is 0.312 e. The van der Waals surface area contributed by atoms with Crippen LogP contribution < -0.4 is 0 Å². The van der Waals surface area contributed by atoms with E-state index in [2.05, 4.69) is 25.8 Å². The third kappa shape index (κ3) is 4.81. The van der Waals surface area contributed by atoms with Crippen LogP contribution in [0.4, 0.5) is 0 Å². The highest BCUT2D eigenvalue weighted by atomic mass is 14.8. The molecule has 0 saturated heterocycles. The SMILES string of the molecule is CCCC(C)(C)N=C(C)C(C)C=N. The van der Waals surface area contributed by atoms with Crippen LogP contribution >= 0.6 is 0 Å². The first-order valence-corrected chi connectivity index (χ1v) is 5.00. The van der Waals surface area contributed by atoms with Crippen molar-refractivity contribution in [1.82, 2.24) is 0 Å². The van der Waals surface area contributed by atoms with E-state index in [-0.39, 0.29) is 11.5 Å². The predicted octanol–water partition coefficient (Wildman–Crippen LogP) is 3.31. The molecule has 76 valence electrons. The van der Waals surface area contributed by atoms with E-state index < -0.39 is 0 Å². The van der Waals surface area contributed by atoms with Gasteiger partial charge in [0.2, 0.25) is 0 Å². The monoisotopic (exact) mass is 182 g/mol. The highest BCUT2D eigenvalue weighted by Gasteiger charge is 2.15. The maximum Gasteiger partial charge on any atom is 0.0551 e. The molecule has 0 aliphatic carbocycles. The normalized spacial score (nSPS) is 15.6. The fraction of sp³-hybridized carbons (Fsp3) is 0.818. The quantitative estimate of drug-likeness (QED) is 0.633. The summed E-state index contributed by atoms with van der Waals surface area (Å²) in [6.07, 6.45) is 3.71. The van der Waals surface area contributed by atoms with Crippen LogP contribution in [-0.2, 0) is 0 Å². The molecule has 0 aliphatic rings. The molecule has 0 aromatic rings. The van der Waals surface area contributed by atoms with Crippen LogP contribution in [0.1, 0.15) is 47.5 Å². The van der Waals surface area contributed by atoms with Crippen molar-refractivity contribution in [3.63, 3.8) is 0 Å². The zero-order valence-corrected chi connectivity index (χ0v) is 9.52. The van der Waals surface area contributed by atoms with Gasteiger partial charge in [0.15, 0.2) is 0 Å². The molecule has 0 fully saturated rings. The van der Waals surface area contributed by atoms with Gasteiger partial charge in [-0.15, -0.1) is 0 Å². The summed E-state index contributed by atoms with van der Waals surface area (Å²) < 4.78 is 0. The minimum atomic E-state index is 0.0378. The highest BCUT2D eigenvalue weighted by molar-refractivity contribution is 5.96. The van der Waals surface area contributed by atoms with Crippen LogP contribution in [0.5, 0.6) is 0 Å². The summed E-state index contributed by atoms with van der Waals surface area (Å²) in [6.45, 7) is 10.5. The van der Waals surface area contributed by atoms with Crippen molar-refractivity contribution in [3.05, 3.63) is 0 Å². The maximum absolute atomic E-state index is 7.14. The van der Waals surface area contributed by atoms with E-state index in [1.165, 1.54) is 6.21 Å². The van der Waals surface area contributed by atoms with Gasteiger partial charge in [0, 0.05) is 17.8 Å². The van der Waals surface area contributed by atoms with Gasteiger partial charge in [-0.2, -0.15) is 0 Å². The second-order valence-electron chi connectivity index (χ2n) is 4.27. The van der Waals surface area contributed by atoms with Crippen molar-refractivity contribution < 1.29 is 0 Å². The molecule has 0 rings (SSSR count). The Morgan fingerprint density at radius 1 is 1.54 bits per heavy atom. The molecule has 0 bridgehead atoms. The predicted molar refractivity (Wildman–Crippen MR) is 60.0 cm³/mol. The molecule has 0 aromatic carbocycles. The third-order valence-electron chi connectivity index (χ3n) is 2.25. The van der Waals surface area contributed by atoms with E-state index in [0.717, 1.165) is 18.6 Å². The van der Waals surface area contributed by atoms with E-state index in [9.17, 15) is 0 Å². The molecule has 2 nitrogen and oxygen atoms in total. The Kier molecular flexibility index (Phi) is 4.89. The summed E-state index contributed by atoms with van der Waals surface area (Å²) in [4.78, 5) is 4.63. The van der Waals surface area contributed by atoms with Crippen molar-refractivity contribution in [3.8, 4) is 0 Å². The van der Waals surface area contributed by atoms with Gasteiger partial charge < -0.3 is 5.41 Å². The lowest BCUT2D eigenvalue weighted by Gasteiger charge is -2.21. The van der Waals surface area contributed by atoms with Gasteiger partial charge >= 0.3 is 0 Å². The number of nitrogens with zero attached hydrogens (tertiary/aromatic N) is 1. The lowest BCUT2D eigenvalue weighted by molar-refractivity contribution is 0.472. The average Bonchev–Trinajstić information content (AvgIpc) is 2.01. The molecule has 2 heteroatoms. The Hall–Kier alpha value is -0.660. The number of hydrogen-bond acceptors (Lipinski definition) is 2. The number of nitrogens with one attached hydrogen (secondary N) is 1. The summed E-state index contributed by atoms with van der Waals surface area (Å²) >= 11 is 0. The first-order valence-electron chi connectivity index (χ1n) is 5.00. The second-order valence-corrected chi connectivity index (χ2v) is 4.27. The molecular weight excluding hydrogens is 160 g/mol. The van der Waals surface area contributed by atoms with E-state index in [1.54, 1.807) is 0 Å². The lowest BCUT2D eigenvalue weighted by Crippen LogP contribution is -2.21. The second kappa shape index (κ2) is 5.15. The van der Waals surface area contributed by atoms with E-state index in [0.29, 0.717) is 0 Å². The molecule has 0 amide bonds. The molecule has 1 unspecified atom stereocenters. The molecule has 1 atom stereocenters. The maximum atomic E-state index is 7.14. The van der Waals surface area contributed by atoms with Gasteiger partial charge in [-0.3, -0.25) is 4.99 Å². The van der Waals surface area contributed by atoms with Crippen LogP contribution in [0.25, 0.3) is 0 Å². The van der Waals surface area contributed by atoms with Crippen LogP contribution in [0.15, 0.2) is 4.99 Å². The Balaban J connectivity index is 4.43. The highest BCUT2D eigenvalue weighted by Crippen LogP contribution is 2.17. The van der Waals surface area contributed by atoms with Crippen LogP contribution in [-0.4, -0.2) is 17.5 Å². The molecule has 0 radical (unpaired) electrons. The fourth-order valence-electron chi connectivity index (χ4n) is 1.37. The smallest absolute Gasteiger partial charge is 0.0551 e. The van der Waals surface area contributed by atoms with Crippen LogP contribution in [0.2, 0.25) is 0 Å². The summed E-state index contributed by atoms with van der Waals surface area (Å²) in [6, 6.07) is 0. The van der Waals surface area contributed by atoms with Crippen molar-refractivity contribution in [2.75, 3.05) is 0 Å². The third-order valence-corrected chi connectivity index (χ3v) is 2.25. The molecule has 0 spiro atoms. The molecule has 13 heavy (non-hydrogen) atoms. The minimum absolute atomic E-state index is 0.0378. The van der Waals surface area contributed by atoms with Gasteiger partial charge in [-0.1, -0.05) is 20.3 Å². The standard InChI is InChI=1S/C11H22N2/c1-6-7-11(4,5)13-10(3)9(2)8-12/h8-9,12H,6-7H2,1-5H3. The molecule has 0 heterocycles. The molecule has 0 aromatic heterocycles. The summed E-state index contributed by atoms with van der Waals surface area (Å²) in [5.41, 5.74) is 1.10. The summed E-state index contributed by atoms with van der Waals surface area (Å²) in [5, 5.41) is 7.14. The van der Waals surface area contributed by atoms with E-state index in [4.69, 9.17) is 5.41 Å². The Morgan fingerprint density at radius 2 is 2.08 bits per heavy atom. The van der Waals surface area contributed by atoms with Crippen molar-refractivity contribution in [2.24, 2.45) is 10.9 Å². The Morgan fingerprint density at radius 3 is 2.46 bits per heavy atom. The molecule has 0 saturated carbocycles. The van der Waals surface area contributed by atoms with E-state index >= 15 is 0 Å². The Bertz CT molecular complexity index is 192. The molecule has 0 aliphatic heterocycles. The van der Waals surface area contributed by atoms with Crippen molar-refractivity contribution in [2.45, 2.75) is 53.0 Å². The van der Waals surface area contributed by atoms with Crippen LogP contribution in [0.3, 0.4) is 0 Å². The topological polar surface area (TPSA) is 36.2 Å². The summed E-state index contributed by atoms with van der Waals surface area (Å²) in [7, 11) is 0.